The molecule has 0 N–H and O–H groups in total. The molecule has 4 nitrogen and oxygen atoms in total. The predicted molar refractivity (Wildman–Crippen MR) is 98.3 cm³/mol. The maximum Gasteiger partial charge on any atom is 0.228 e. The highest BCUT2D eigenvalue weighted by atomic mass is 16.6. The Morgan fingerprint density at radius 3 is 2.52 bits per heavy atom. The van der Waals surface area contributed by atoms with Gasteiger partial charge in [0.1, 0.15) is 0 Å². The van der Waals surface area contributed by atoms with Crippen LogP contribution in [0.2, 0.25) is 0 Å². The first kappa shape index (κ1) is 16.8. The molecule has 0 aromatic heterocycles. The van der Waals surface area contributed by atoms with Crippen molar-refractivity contribution in [2.75, 3.05) is 7.05 Å². The second-order valence-corrected chi connectivity index (χ2v) is 8.98. The van der Waals surface area contributed by atoms with Gasteiger partial charge in [-0.25, -0.2) is 0 Å². The maximum absolute atomic E-state index is 13.0. The maximum atomic E-state index is 13.0. The van der Waals surface area contributed by atoms with Crippen molar-refractivity contribution in [2.24, 2.45) is 22.2 Å². The van der Waals surface area contributed by atoms with Crippen LogP contribution in [-0.2, 0) is 9.53 Å². The molecule has 1 saturated carbocycles. The molecule has 1 amide bonds. The van der Waals surface area contributed by atoms with Gasteiger partial charge < -0.3 is 9.64 Å². The third kappa shape index (κ3) is 2.37. The molecule has 1 spiro atoms. The molecule has 5 atom stereocenters. The number of hydrogen-bond donors (Lipinski definition) is 0. The summed E-state index contributed by atoms with van der Waals surface area (Å²) >= 11 is 0. The van der Waals surface area contributed by atoms with Gasteiger partial charge in [-0.15, -0.1) is 0 Å². The zero-order valence-corrected chi connectivity index (χ0v) is 15.8. The number of carbonyl (C=O) groups is 1. The highest BCUT2D eigenvalue weighted by Crippen LogP contribution is 2.53. The fraction of sp³-hybridized carbons (Fsp3) is 0.619. The third-order valence-electron chi connectivity index (χ3n) is 6.37. The molecule has 2 aliphatic heterocycles. The van der Waals surface area contributed by atoms with E-state index in [1.54, 1.807) is 0 Å². The number of benzene rings is 1. The molecule has 1 unspecified atom stereocenters. The quantitative estimate of drug-likeness (QED) is 0.780. The molecule has 1 aromatic carbocycles. The molecule has 25 heavy (non-hydrogen) atoms. The summed E-state index contributed by atoms with van der Waals surface area (Å²) in [5.41, 5.74) is 1.65. The highest BCUT2D eigenvalue weighted by Gasteiger charge is 2.62. The largest absolute Gasteiger partial charge is 0.324 e. The van der Waals surface area contributed by atoms with E-state index in [0.717, 1.165) is 18.6 Å². The van der Waals surface area contributed by atoms with Crippen molar-refractivity contribution in [1.29, 1.82) is 0 Å². The molecule has 1 aromatic rings. The molecule has 2 bridgehead atoms. The molecule has 2 fully saturated rings. The van der Waals surface area contributed by atoms with Crippen molar-refractivity contribution in [1.82, 2.24) is 4.90 Å². The average molecular weight is 340 g/mol. The molecule has 2 heterocycles. The van der Waals surface area contributed by atoms with Gasteiger partial charge in [0.25, 0.3) is 0 Å². The lowest BCUT2D eigenvalue weighted by Crippen LogP contribution is -2.51. The van der Waals surface area contributed by atoms with Crippen LogP contribution in [-0.4, -0.2) is 35.5 Å². The second kappa shape index (κ2) is 5.41. The number of fused-ring (bicyclic) bond motifs is 1. The lowest BCUT2D eigenvalue weighted by molar-refractivity contribution is -0.152. The van der Waals surface area contributed by atoms with Crippen LogP contribution in [0.15, 0.2) is 35.3 Å². The average Bonchev–Trinajstić information content (AvgIpc) is 3.03. The summed E-state index contributed by atoms with van der Waals surface area (Å²) in [6, 6.07) is 10.6. The molecule has 4 heteroatoms. The Morgan fingerprint density at radius 2 is 1.88 bits per heavy atom. The molecule has 1 saturated heterocycles. The Balaban J connectivity index is 1.80. The summed E-state index contributed by atoms with van der Waals surface area (Å²) in [4.78, 5) is 19.9. The highest BCUT2D eigenvalue weighted by molar-refractivity contribution is 6.01. The number of rotatable bonds is 1. The van der Waals surface area contributed by atoms with E-state index in [1.165, 1.54) is 5.56 Å². The molecule has 0 radical (unpaired) electrons. The van der Waals surface area contributed by atoms with Crippen LogP contribution in [0.1, 0.15) is 52.0 Å². The SMILES string of the molecule is C[C@H]1C2C[C@@]3(O[C@H](C(C)(C)C)N=C3C[C@@H]1c1ccccc1)N(C)C2=O. The minimum atomic E-state index is -0.627. The van der Waals surface area contributed by atoms with Crippen LogP contribution >= 0.6 is 0 Å². The van der Waals surface area contributed by atoms with Gasteiger partial charge in [-0.3, -0.25) is 9.79 Å². The van der Waals surface area contributed by atoms with E-state index in [-0.39, 0.29) is 29.4 Å². The Hall–Kier alpha value is -1.68. The Labute approximate surface area is 150 Å². The van der Waals surface area contributed by atoms with Crippen molar-refractivity contribution in [3.05, 3.63) is 35.9 Å². The van der Waals surface area contributed by atoms with Gasteiger partial charge in [-0.2, -0.15) is 0 Å². The van der Waals surface area contributed by atoms with E-state index in [1.807, 2.05) is 18.0 Å². The van der Waals surface area contributed by atoms with Crippen molar-refractivity contribution in [3.8, 4) is 0 Å². The van der Waals surface area contributed by atoms with Crippen LogP contribution in [0, 0.1) is 17.3 Å². The van der Waals surface area contributed by atoms with E-state index in [4.69, 9.17) is 9.73 Å². The van der Waals surface area contributed by atoms with Gasteiger partial charge in [-0.1, -0.05) is 58.0 Å². The predicted octanol–water partition coefficient (Wildman–Crippen LogP) is 3.83. The summed E-state index contributed by atoms with van der Waals surface area (Å²) in [6.45, 7) is 8.66. The molecule has 3 aliphatic rings. The van der Waals surface area contributed by atoms with Crippen LogP contribution in [0.3, 0.4) is 0 Å². The zero-order valence-electron chi connectivity index (χ0n) is 15.8. The second-order valence-electron chi connectivity index (χ2n) is 8.98. The minimum absolute atomic E-state index is 0.00150. The fourth-order valence-corrected chi connectivity index (χ4v) is 4.70. The number of aliphatic imine (C=N–C) groups is 1. The first-order chi connectivity index (χ1) is 11.7. The van der Waals surface area contributed by atoms with E-state index in [2.05, 4.69) is 52.0 Å². The summed E-state index contributed by atoms with van der Waals surface area (Å²) in [5.74, 6) is 0.797. The number of amides is 1. The van der Waals surface area contributed by atoms with E-state index >= 15 is 0 Å². The molecule has 134 valence electrons. The topological polar surface area (TPSA) is 41.9 Å². The normalized spacial score (nSPS) is 37.7. The first-order valence-electron chi connectivity index (χ1n) is 9.31. The smallest absolute Gasteiger partial charge is 0.228 e. The van der Waals surface area contributed by atoms with Gasteiger partial charge in [0.2, 0.25) is 5.91 Å². The summed E-state index contributed by atoms with van der Waals surface area (Å²) in [6.07, 6.45) is 1.41. The number of carbonyl (C=O) groups excluding carboxylic acids is 1. The van der Waals surface area contributed by atoms with Gasteiger partial charge in [0, 0.05) is 24.8 Å². The molecule has 4 rings (SSSR count). The summed E-state index contributed by atoms with van der Waals surface area (Å²) in [5, 5.41) is 0. The molecular formula is C21H28N2O2. The van der Waals surface area contributed by atoms with Crippen LogP contribution < -0.4 is 0 Å². The number of likely N-dealkylation sites (tertiary alicyclic amines) is 1. The van der Waals surface area contributed by atoms with Crippen molar-refractivity contribution in [2.45, 2.75) is 58.4 Å². The summed E-state index contributed by atoms with van der Waals surface area (Å²) < 4.78 is 6.50. The molecular weight excluding hydrogens is 312 g/mol. The Kier molecular flexibility index (Phi) is 3.63. The van der Waals surface area contributed by atoms with Crippen molar-refractivity contribution >= 4 is 11.6 Å². The standard InChI is InChI=1S/C21H28N2O2/c1-13-15(14-9-7-6-8-10-14)11-17-21(12-16(13)18(24)23(21)5)25-19(22-17)20(2,3)4/h6-10,13,15-16,19H,11-12H2,1-5H3/t13-,15+,16?,19-,21+/m1/s1. The lowest BCUT2D eigenvalue weighted by Gasteiger charge is -2.36. The lowest BCUT2D eigenvalue weighted by atomic mass is 9.78. The van der Waals surface area contributed by atoms with Crippen LogP contribution in [0.5, 0.6) is 0 Å². The number of ether oxygens (including phenoxy) is 1. The van der Waals surface area contributed by atoms with Crippen molar-refractivity contribution < 1.29 is 9.53 Å². The van der Waals surface area contributed by atoms with E-state index in [0.29, 0.717) is 5.92 Å². The van der Waals surface area contributed by atoms with Gasteiger partial charge >= 0.3 is 0 Å². The summed E-state index contributed by atoms with van der Waals surface area (Å²) in [7, 11) is 1.89. The monoisotopic (exact) mass is 340 g/mol. The van der Waals surface area contributed by atoms with Crippen LogP contribution in [0.25, 0.3) is 0 Å². The van der Waals surface area contributed by atoms with E-state index < -0.39 is 5.72 Å². The Morgan fingerprint density at radius 1 is 1.20 bits per heavy atom. The third-order valence-corrected chi connectivity index (χ3v) is 6.37. The van der Waals surface area contributed by atoms with E-state index in [9.17, 15) is 4.79 Å². The van der Waals surface area contributed by atoms with Gasteiger partial charge in [0.05, 0.1) is 5.71 Å². The van der Waals surface area contributed by atoms with Gasteiger partial charge in [-0.05, 0) is 23.8 Å². The number of nitrogens with zero attached hydrogens (tertiary/aromatic N) is 2. The first-order valence-corrected chi connectivity index (χ1v) is 9.31. The van der Waals surface area contributed by atoms with Crippen LogP contribution in [0.4, 0.5) is 0 Å². The fourth-order valence-electron chi connectivity index (χ4n) is 4.70. The molecule has 1 aliphatic carbocycles. The minimum Gasteiger partial charge on any atom is -0.324 e. The zero-order chi connectivity index (χ0) is 18.0. The number of hydrogen-bond acceptors (Lipinski definition) is 3. The Bertz CT molecular complexity index is 721. The van der Waals surface area contributed by atoms with Gasteiger partial charge in [0.15, 0.2) is 12.0 Å². The van der Waals surface area contributed by atoms with Crippen molar-refractivity contribution in [3.63, 3.8) is 0 Å².